The summed E-state index contributed by atoms with van der Waals surface area (Å²) < 4.78 is 5.02. The number of methoxy groups -OCH3 is 1. The molecule has 3 nitrogen and oxygen atoms in total. The van der Waals surface area contributed by atoms with Crippen molar-refractivity contribution in [3.63, 3.8) is 0 Å². The first-order chi connectivity index (χ1) is 6.19. The molecule has 2 N–H and O–H groups in total. The van der Waals surface area contributed by atoms with Gasteiger partial charge in [0.25, 0.3) is 0 Å². The summed E-state index contributed by atoms with van der Waals surface area (Å²) in [4.78, 5) is 0. The fourth-order valence-electron chi connectivity index (χ4n) is 0.965. The van der Waals surface area contributed by atoms with E-state index in [1.165, 1.54) is 7.11 Å². The molecule has 0 saturated carbocycles. The Morgan fingerprint density at radius 2 is 2.23 bits per heavy atom. The second-order valence-corrected chi connectivity index (χ2v) is 2.84. The normalized spacial score (nSPS) is 9.38. The zero-order valence-electron chi connectivity index (χ0n) is 7.10. The monoisotopic (exact) mass is 196 g/mol. The van der Waals surface area contributed by atoms with Crippen LogP contribution in [0.2, 0.25) is 5.02 Å². The first kappa shape index (κ1) is 9.74. The second kappa shape index (κ2) is 4.05. The predicted molar refractivity (Wildman–Crippen MR) is 53.6 cm³/mol. The summed E-state index contributed by atoms with van der Waals surface area (Å²) in [6, 6.07) is 4.95. The second-order valence-electron chi connectivity index (χ2n) is 2.40. The molecule has 0 heterocycles. The first-order valence-corrected chi connectivity index (χ1v) is 3.99. The average Bonchev–Trinajstić information content (AvgIpc) is 2.16. The van der Waals surface area contributed by atoms with E-state index in [1.54, 1.807) is 18.2 Å². The summed E-state index contributed by atoms with van der Waals surface area (Å²) in [5.41, 5.74) is 0.676. The van der Waals surface area contributed by atoms with E-state index in [0.717, 1.165) is 6.21 Å². The van der Waals surface area contributed by atoms with Gasteiger partial charge in [0, 0.05) is 16.8 Å². The Labute approximate surface area is 81.3 Å². The van der Waals surface area contributed by atoms with E-state index in [2.05, 4.69) is 0 Å². The first-order valence-electron chi connectivity index (χ1n) is 3.62. The van der Waals surface area contributed by atoms with E-state index < -0.39 is 0 Å². The zero-order chi connectivity index (χ0) is 9.84. The van der Waals surface area contributed by atoms with E-state index in [0.29, 0.717) is 16.3 Å². The molecule has 0 amide bonds. The van der Waals surface area contributed by atoms with E-state index >= 15 is 0 Å². The molecule has 0 aliphatic carbocycles. The topological polar surface area (TPSA) is 56.9 Å². The molecule has 4 heteroatoms. The molecule has 0 fully saturated rings. The molecule has 0 atom stereocenters. The minimum atomic E-state index is 0.105. The average molecular weight is 197 g/mol. The standard InChI is InChI=1S/C9H9ClN2O/c1-13-9-4-6(10)2-3-7(9)8(12)5-11/h2-5,11-12H,1H3. The Balaban J connectivity index is 3.20. The quantitative estimate of drug-likeness (QED) is 0.717. The molecule has 1 aromatic carbocycles. The maximum absolute atomic E-state index is 7.43. The summed E-state index contributed by atoms with van der Waals surface area (Å²) in [7, 11) is 1.51. The van der Waals surface area contributed by atoms with Crippen LogP contribution in [0.15, 0.2) is 18.2 Å². The molecular weight excluding hydrogens is 188 g/mol. The summed E-state index contributed by atoms with van der Waals surface area (Å²) in [6.07, 6.45) is 0.964. The van der Waals surface area contributed by atoms with Crippen LogP contribution in [0.4, 0.5) is 0 Å². The highest BCUT2D eigenvalue weighted by Crippen LogP contribution is 2.22. The zero-order valence-corrected chi connectivity index (χ0v) is 7.85. The van der Waals surface area contributed by atoms with Crippen LogP contribution in [-0.4, -0.2) is 19.0 Å². The fraction of sp³-hybridized carbons (Fsp3) is 0.111. The fourth-order valence-corrected chi connectivity index (χ4v) is 1.13. The highest BCUT2D eigenvalue weighted by atomic mass is 35.5. The van der Waals surface area contributed by atoms with Crippen molar-refractivity contribution >= 4 is 23.5 Å². The van der Waals surface area contributed by atoms with Gasteiger partial charge in [-0.25, -0.2) is 0 Å². The van der Waals surface area contributed by atoms with Crippen LogP contribution >= 0.6 is 11.6 Å². The lowest BCUT2D eigenvalue weighted by Crippen LogP contribution is -2.02. The molecule has 0 radical (unpaired) electrons. The van der Waals surface area contributed by atoms with Crippen molar-refractivity contribution in [1.29, 1.82) is 10.8 Å². The minimum absolute atomic E-state index is 0.105. The van der Waals surface area contributed by atoms with Gasteiger partial charge in [-0.3, -0.25) is 5.41 Å². The lowest BCUT2D eigenvalue weighted by Gasteiger charge is -2.06. The molecule has 0 aliphatic rings. The summed E-state index contributed by atoms with van der Waals surface area (Å²) in [5, 5.41) is 14.9. The molecule has 13 heavy (non-hydrogen) atoms. The Hall–Kier alpha value is -1.35. The summed E-state index contributed by atoms with van der Waals surface area (Å²) in [5.74, 6) is 0.515. The van der Waals surface area contributed by atoms with Gasteiger partial charge in [-0.2, -0.15) is 0 Å². The van der Waals surface area contributed by atoms with Gasteiger partial charge in [0.2, 0.25) is 0 Å². The number of rotatable bonds is 3. The van der Waals surface area contributed by atoms with Crippen LogP contribution in [-0.2, 0) is 0 Å². The number of hydrogen-bond donors (Lipinski definition) is 2. The lowest BCUT2D eigenvalue weighted by molar-refractivity contribution is 0.414. The van der Waals surface area contributed by atoms with Gasteiger partial charge >= 0.3 is 0 Å². The minimum Gasteiger partial charge on any atom is -0.496 e. The molecular formula is C9H9ClN2O. The molecule has 0 aliphatic heterocycles. The molecule has 0 unspecified atom stereocenters. The third-order valence-electron chi connectivity index (χ3n) is 1.60. The Bertz CT molecular complexity index is 349. The van der Waals surface area contributed by atoms with E-state index in [-0.39, 0.29) is 5.71 Å². The van der Waals surface area contributed by atoms with E-state index in [9.17, 15) is 0 Å². The van der Waals surface area contributed by atoms with Gasteiger partial charge in [-0.1, -0.05) is 11.6 Å². The highest BCUT2D eigenvalue weighted by Gasteiger charge is 2.06. The van der Waals surface area contributed by atoms with Gasteiger partial charge in [-0.05, 0) is 18.2 Å². The van der Waals surface area contributed by atoms with Gasteiger partial charge < -0.3 is 10.1 Å². The molecule has 0 aromatic heterocycles. The Morgan fingerprint density at radius 1 is 1.54 bits per heavy atom. The van der Waals surface area contributed by atoms with Crippen LogP contribution in [0.5, 0.6) is 5.75 Å². The van der Waals surface area contributed by atoms with Crippen LogP contribution in [0.1, 0.15) is 5.56 Å². The van der Waals surface area contributed by atoms with Crippen molar-refractivity contribution in [2.45, 2.75) is 0 Å². The van der Waals surface area contributed by atoms with E-state index in [1.807, 2.05) is 0 Å². The van der Waals surface area contributed by atoms with Crippen LogP contribution in [0, 0.1) is 10.8 Å². The van der Waals surface area contributed by atoms with Crippen LogP contribution in [0.3, 0.4) is 0 Å². The van der Waals surface area contributed by atoms with Gasteiger partial charge in [-0.15, -0.1) is 0 Å². The molecule has 68 valence electrons. The maximum atomic E-state index is 7.43. The number of halogens is 1. The van der Waals surface area contributed by atoms with Crippen molar-refractivity contribution < 1.29 is 4.74 Å². The van der Waals surface area contributed by atoms with Crippen molar-refractivity contribution in [3.05, 3.63) is 28.8 Å². The van der Waals surface area contributed by atoms with Crippen molar-refractivity contribution in [3.8, 4) is 5.75 Å². The van der Waals surface area contributed by atoms with Gasteiger partial charge in [0.1, 0.15) is 5.75 Å². The predicted octanol–water partition coefficient (Wildman–Crippen LogP) is 2.37. The van der Waals surface area contributed by atoms with Gasteiger partial charge in [0.05, 0.1) is 12.8 Å². The SMILES string of the molecule is COc1cc(Cl)ccc1C(=N)C=N. The molecule has 1 rings (SSSR count). The summed E-state index contributed by atoms with van der Waals surface area (Å²) >= 11 is 5.74. The molecule has 0 bridgehead atoms. The van der Waals surface area contributed by atoms with Crippen LogP contribution in [0.25, 0.3) is 0 Å². The van der Waals surface area contributed by atoms with Crippen molar-refractivity contribution in [2.24, 2.45) is 0 Å². The molecule has 1 aromatic rings. The Morgan fingerprint density at radius 3 is 2.77 bits per heavy atom. The van der Waals surface area contributed by atoms with Crippen molar-refractivity contribution in [1.82, 2.24) is 0 Å². The maximum Gasteiger partial charge on any atom is 0.129 e. The summed E-state index contributed by atoms with van der Waals surface area (Å²) in [6.45, 7) is 0. The number of hydrogen-bond acceptors (Lipinski definition) is 3. The number of nitrogens with one attached hydrogen (secondary N) is 2. The third-order valence-corrected chi connectivity index (χ3v) is 1.83. The van der Waals surface area contributed by atoms with E-state index in [4.69, 9.17) is 27.2 Å². The molecule has 0 saturated heterocycles. The lowest BCUT2D eigenvalue weighted by atomic mass is 10.1. The smallest absolute Gasteiger partial charge is 0.129 e. The largest absolute Gasteiger partial charge is 0.496 e. The molecule has 0 spiro atoms. The third kappa shape index (κ3) is 2.06. The van der Waals surface area contributed by atoms with Crippen molar-refractivity contribution in [2.75, 3.05) is 7.11 Å². The van der Waals surface area contributed by atoms with Gasteiger partial charge in [0.15, 0.2) is 0 Å². The number of ether oxygens (including phenoxy) is 1. The Kier molecular flexibility index (Phi) is 3.03. The highest BCUT2D eigenvalue weighted by molar-refractivity contribution is 6.37. The number of benzene rings is 1. The van der Waals surface area contributed by atoms with Crippen LogP contribution < -0.4 is 4.74 Å².